The molecule has 2 heterocycles. The zero-order chi connectivity index (χ0) is 18.8. The van der Waals surface area contributed by atoms with E-state index in [1.54, 1.807) is 10.7 Å². The van der Waals surface area contributed by atoms with Crippen molar-refractivity contribution in [2.45, 2.75) is 13.8 Å². The Bertz CT molecular complexity index is 1020. The van der Waals surface area contributed by atoms with Crippen LogP contribution >= 0.6 is 11.6 Å². The largest absolute Gasteiger partial charge is 0.306 e. The molecule has 1 amide bonds. The Hall–Kier alpha value is -3.33. The molecule has 0 atom stereocenters. The fourth-order valence-corrected chi connectivity index (χ4v) is 2.64. The molecule has 0 saturated carbocycles. The van der Waals surface area contributed by atoms with E-state index < -0.39 is 10.8 Å². The van der Waals surface area contributed by atoms with Crippen LogP contribution in [0.4, 0.5) is 11.5 Å². The standard InChI is InChI=1S/C16H13ClN6O3/c1-9-5-10(2)22(21-9)15-7-14(18-8-19-15)20-16(24)12-4-3-11(23(25)26)6-13(12)17/h3-8H,1-2H3,(H,18,19,20,24). The molecule has 132 valence electrons. The quantitative estimate of drug-likeness (QED) is 0.555. The summed E-state index contributed by atoms with van der Waals surface area (Å²) in [6.45, 7) is 3.75. The average Bonchev–Trinajstić information content (AvgIpc) is 2.93. The van der Waals surface area contributed by atoms with Gasteiger partial charge in [-0.2, -0.15) is 5.10 Å². The summed E-state index contributed by atoms with van der Waals surface area (Å²) in [6.07, 6.45) is 1.30. The molecule has 0 saturated heterocycles. The van der Waals surface area contributed by atoms with Crippen molar-refractivity contribution in [3.05, 3.63) is 68.7 Å². The lowest BCUT2D eigenvalue weighted by molar-refractivity contribution is -0.384. The Labute approximate surface area is 152 Å². The van der Waals surface area contributed by atoms with E-state index in [4.69, 9.17) is 11.6 Å². The van der Waals surface area contributed by atoms with Gasteiger partial charge in [0.05, 0.1) is 21.2 Å². The van der Waals surface area contributed by atoms with E-state index >= 15 is 0 Å². The number of halogens is 1. The Morgan fingerprint density at radius 2 is 2.00 bits per heavy atom. The summed E-state index contributed by atoms with van der Waals surface area (Å²) >= 11 is 5.97. The summed E-state index contributed by atoms with van der Waals surface area (Å²) in [5.41, 5.74) is 1.63. The Kier molecular flexibility index (Phi) is 4.63. The molecule has 0 unspecified atom stereocenters. The van der Waals surface area contributed by atoms with Gasteiger partial charge in [-0.05, 0) is 26.0 Å². The minimum atomic E-state index is -0.585. The monoisotopic (exact) mass is 372 g/mol. The van der Waals surface area contributed by atoms with Gasteiger partial charge in [-0.25, -0.2) is 14.6 Å². The zero-order valence-electron chi connectivity index (χ0n) is 13.8. The summed E-state index contributed by atoms with van der Waals surface area (Å²) in [5.74, 6) is 0.209. The summed E-state index contributed by atoms with van der Waals surface area (Å²) in [5, 5.41) is 17.7. The number of hydrogen-bond acceptors (Lipinski definition) is 6. The lowest BCUT2D eigenvalue weighted by Crippen LogP contribution is -2.14. The maximum Gasteiger partial charge on any atom is 0.270 e. The predicted molar refractivity (Wildman–Crippen MR) is 94.7 cm³/mol. The minimum absolute atomic E-state index is 0.0236. The second-order valence-electron chi connectivity index (χ2n) is 5.48. The number of nitrogens with one attached hydrogen (secondary N) is 1. The smallest absolute Gasteiger partial charge is 0.270 e. The van der Waals surface area contributed by atoms with E-state index in [-0.39, 0.29) is 22.1 Å². The molecule has 0 bridgehead atoms. The number of aryl methyl sites for hydroxylation is 2. The number of amides is 1. The first kappa shape index (κ1) is 17.5. The summed E-state index contributed by atoms with van der Waals surface area (Å²) in [7, 11) is 0. The first-order chi connectivity index (χ1) is 12.3. The number of nitrogens with zero attached hydrogens (tertiary/aromatic N) is 5. The molecular weight excluding hydrogens is 360 g/mol. The fraction of sp³-hybridized carbons (Fsp3) is 0.125. The third kappa shape index (κ3) is 3.52. The maximum atomic E-state index is 12.4. The zero-order valence-corrected chi connectivity index (χ0v) is 14.6. The number of benzene rings is 1. The van der Waals surface area contributed by atoms with Gasteiger partial charge in [0.15, 0.2) is 5.82 Å². The van der Waals surface area contributed by atoms with Crippen molar-refractivity contribution in [3.63, 3.8) is 0 Å². The summed E-state index contributed by atoms with van der Waals surface area (Å²) in [6, 6.07) is 7.09. The molecule has 0 aliphatic heterocycles. The van der Waals surface area contributed by atoms with Crippen LogP contribution in [0.5, 0.6) is 0 Å². The van der Waals surface area contributed by atoms with E-state index in [9.17, 15) is 14.9 Å². The second-order valence-corrected chi connectivity index (χ2v) is 5.88. The average molecular weight is 373 g/mol. The number of non-ortho nitro benzene ring substituents is 1. The Morgan fingerprint density at radius 3 is 2.62 bits per heavy atom. The van der Waals surface area contributed by atoms with E-state index in [1.807, 2.05) is 19.9 Å². The number of anilines is 1. The Balaban J connectivity index is 1.85. The summed E-state index contributed by atoms with van der Waals surface area (Å²) in [4.78, 5) is 30.7. The topological polar surface area (TPSA) is 116 Å². The maximum absolute atomic E-state index is 12.4. The van der Waals surface area contributed by atoms with Crippen LogP contribution in [-0.2, 0) is 0 Å². The molecule has 3 rings (SSSR count). The molecule has 9 nitrogen and oxygen atoms in total. The van der Waals surface area contributed by atoms with Crippen LogP contribution < -0.4 is 5.32 Å². The number of rotatable bonds is 4. The number of nitro groups is 1. The highest BCUT2D eigenvalue weighted by atomic mass is 35.5. The van der Waals surface area contributed by atoms with Gasteiger partial charge in [-0.1, -0.05) is 11.6 Å². The van der Waals surface area contributed by atoms with Crippen LogP contribution in [0, 0.1) is 24.0 Å². The number of hydrogen-bond donors (Lipinski definition) is 1. The normalized spacial score (nSPS) is 10.6. The van der Waals surface area contributed by atoms with Crippen molar-refractivity contribution in [1.82, 2.24) is 19.7 Å². The van der Waals surface area contributed by atoms with Crippen LogP contribution in [0.3, 0.4) is 0 Å². The van der Waals surface area contributed by atoms with Gasteiger partial charge in [-0.15, -0.1) is 0 Å². The molecule has 1 N–H and O–H groups in total. The number of nitro benzene ring substituents is 1. The third-order valence-electron chi connectivity index (χ3n) is 3.53. The lowest BCUT2D eigenvalue weighted by atomic mass is 10.2. The van der Waals surface area contributed by atoms with Crippen LogP contribution in [-0.4, -0.2) is 30.6 Å². The molecule has 1 aromatic carbocycles. The van der Waals surface area contributed by atoms with Gasteiger partial charge in [-0.3, -0.25) is 14.9 Å². The number of carbonyl (C=O) groups excluding carboxylic acids is 1. The molecule has 0 fully saturated rings. The van der Waals surface area contributed by atoms with Gasteiger partial charge < -0.3 is 5.32 Å². The van der Waals surface area contributed by atoms with Crippen LogP contribution in [0.25, 0.3) is 5.82 Å². The molecular formula is C16H13ClN6O3. The van der Waals surface area contributed by atoms with Gasteiger partial charge in [0.2, 0.25) is 0 Å². The number of carbonyl (C=O) groups is 1. The Morgan fingerprint density at radius 1 is 1.23 bits per heavy atom. The second kappa shape index (κ2) is 6.89. The highest BCUT2D eigenvalue weighted by Gasteiger charge is 2.16. The molecule has 10 heteroatoms. The molecule has 3 aromatic rings. The van der Waals surface area contributed by atoms with Crippen LogP contribution in [0.1, 0.15) is 21.7 Å². The molecule has 0 spiro atoms. The van der Waals surface area contributed by atoms with Crippen molar-refractivity contribution >= 4 is 29.0 Å². The molecule has 26 heavy (non-hydrogen) atoms. The summed E-state index contributed by atoms with van der Waals surface area (Å²) < 4.78 is 1.63. The highest BCUT2D eigenvalue weighted by Crippen LogP contribution is 2.23. The van der Waals surface area contributed by atoms with Gasteiger partial charge >= 0.3 is 0 Å². The molecule has 0 aliphatic carbocycles. The highest BCUT2D eigenvalue weighted by molar-refractivity contribution is 6.34. The van der Waals surface area contributed by atoms with Gasteiger partial charge in [0, 0.05) is 23.9 Å². The van der Waals surface area contributed by atoms with Gasteiger partial charge in [0.25, 0.3) is 11.6 Å². The van der Waals surface area contributed by atoms with Crippen molar-refractivity contribution in [3.8, 4) is 5.82 Å². The van der Waals surface area contributed by atoms with E-state index in [2.05, 4.69) is 20.4 Å². The van der Waals surface area contributed by atoms with Crippen molar-refractivity contribution in [1.29, 1.82) is 0 Å². The minimum Gasteiger partial charge on any atom is -0.306 e. The predicted octanol–water partition coefficient (Wildman–Crippen LogP) is 3.09. The fourth-order valence-electron chi connectivity index (χ4n) is 2.38. The van der Waals surface area contributed by atoms with Crippen LogP contribution in [0.2, 0.25) is 5.02 Å². The van der Waals surface area contributed by atoms with Crippen molar-refractivity contribution in [2.75, 3.05) is 5.32 Å². The van der Waals surface area contributed by atoms with E-state index in [1.165, 1.54) is 18.5 Å². The van der Waals surface area contributed by atoms with Crippen molar-refractivity contribution < 1.29 is 9.72 Å². The first-order valence-electron chi connectivity index (χ1n) is 7.46. The number of aromatic nitrogens is 4. The van der Waals surface area contributed by atoms with Crippen molar-refractivity contribution in [2.24, 2.45) is 0 Å². The third-order valence-corrected chi connectivity index (χ3v) is 3.84. The molecule has 2 aromatic heterocycles. The van der Waals surface area contributed by atoms with E-state index in [0.29, 0.717) is 5.82 Å². The molecule has 0 aliphatic rings. The van der Waals surface area contributed by atoms with Gasteiger partial charge in [0.1, 0.15) is 12.1 Å². The molecule has 0 radical (unpaired) electrons. The first-order valence-corrected chi connectivity index (χ1v) is 7.84. The van der Waals surface area contributed by atoms with Crippen LogP contribution in [0.15, 0.2) is 36.7 Å². The van der Waals surface area contributed by atoms with E-state index in [0.717, 1.165) is 17.5 Å². The SMILES string of the molecule is Cc1cc(C)n(-c2cc(NC(=O)c3ccc([N+](=O)[O-])cc3Cl)ncn2)n1. The lowest BCUT2D eigenvalue weighted by Gasteiger charge is -2.08.